The largest absolute Gasteiger partial charge is 0.395 e. The fourth-order valence-electron chi connectivity index (χ4n) is 9.43. The van der Waals surface area contributed by atoms with Gasteiger partial charge in [-0.25, -0.2) is 0 Å². The number of allylic oxidation sites excluding steroid dienone is 1. The van der Waals surface area contributed by atoms with Crippen LogP contribution in [0.1, 0.15) is 45.4 Å². The molecule has 0 aromatic heterocycles. The Morgan fingerprint density at radius 3 is 2.70 bits per heavy atom. The van der Waals surface area contributed by atoms with E-state index in [1.54, 1.807) is 0 Å². The average molecular weight is 369 g/mol. The molecule has 8 atom stereocenters. The number of carbonyl (C=O) groups is 3. The number of ketones is 2. The number of aliphatic hydroxyl groups is 1. The lowest BCUT2D eigenvalue weighted by atomic mass is 9.39. The van der Waals surface area contributed by atoms with Gasteiger partial charge in [-0.1, -0.05) is 25.5 Å². The molecule has 7 rings (SSSR count). The van der Waals surface area contributed by atoms with Crippen LogP contribution >= 0.6 is 0 Å². The molecule has 2 spiro atoms. The highest BCUT2D eigenvalue weighted by Gasteiger charge is 2.85. The number of amides is 1. The summed E-state index contributed by atoms with van der Waals surface area (Å²) in [6.07, 6.45) is 4.45. The van der Waals surface area contributed by atoms with Gasteiger partial charge in [-0.2, -0.15) is 0 Å². The van der Waals surface area contributed by atoms with Crippen molar-refractivity contribution in [3.63, 3.8) is 0 Å². The lowest BCUT2D eigenvalue weighted by Crippen LogP contribution is -2.72. The van der Waals surface area contributed by atoms with E-state index in [-0.39, 0.29) is 53.4 Å². The van der Waals surface area contributed by atoms with Gasteiger partial charge in [0, 0.05) is 42.2 Å². The highest BCUT2D eigenvalue weighted by Crippen LogP contribution is 2.81. The number of hydrogen-bond donors (Lipinski definition) is 1. The van der Waals surface area contributed by atoms with Gasteiger partial charge in [0.1, 0.15) is 11.6 Å². The Morgan fingerprint density at radius 2 is 1.96 bits per heavy atom. The number of hydrogen-bond acceptors (Lipinski definition) is 4. The highest BCUT2D eigenvalue weighted by molar-refractivity contribution is 6.01. The molecule has 5 heteroatoms. The molecule has 0 aromatic carbocycles. The normalized spacial score (nSPS) is 54.7. The van der Waals surface area contributed by atoms with Crippen molar-refractivity contribution in [2.24, 2.45) is 39.9 Å². The number of nitrogens with zero attached hydrogens (tertiary/aromatic N) is 1. The minimum absolute atomic E-state index is 0.0435. The molecule has 1 N–H and O–H groups in total. The highest BCUT2D eigenvalue weighted by atomic mass is 16.3. The minimum atomic E-state index is -0.712. The van der Waals surface area contributed by atoms with Crippen LogP contribution in [0.25, 0.3) is 0 Å². The maximum atomic E-state index is 13.6. The van der Waals surface area contributed by atoms with Crippen LogP contribution in [-0.2, 0) is 14.4 Å². The minimum Gasteiger partial charge on any atom is -0.395 e. The molecule has 0 radical (unpaired) electrons. The quantitative estimate of drug-likeness (QED) is 0.753. The first-order valence-corrected chi connectivity index (χ1v) is 10.5. The van der Waals surface area contributed by atoms with Crippen molar-refractivity contribution in [2.45, 2.75) is 51.5 Å². The Balaban J connectivity index is 1.67. The van der Waals surface area contributed by atoms with Gasteiger partial charge in [0.25, 0.3) is 0 Å². The second-order valence-corrected chi connectivity index (χ2v) is 10.4. The van der Waals surface area contributed by atoms with E-state index < -0.39 is 10.8 Å². The Morgan fingerprint density at radius 1 is 1.19 bits per heavy atom. The molecule has 144 valence electrons. The molecule has 27 heavy (non-hydrogen) atoms. The average Bonchev–Trinajstić information content (AvgIpc) is 2.69. The van der Waals surface area contributed by atoms with Crippen molar-refractivity contribution in [2.75, 3.05) is 13.2 Å². The molecular formula is C22H27NO4. The van der Waals surface area contributed by atoms with Gasteiger partial charge in [-0.3, -0.25) is 14.4 Å². The lowest BCUT2D eigenvalue weighted by Gasteiger charge is -2.64. The van der Waals surface area contributed by atoms with Crippen LogP contribution in [0.3, 0.4) is 0 Å². The number of fused-ring (bicyclic) bond motifs is 1. The third-order valence-electron chi connectivity index (χ3n) is 9.68. The summed E-state index contributed by atoms with van der Waals surface area (Å²) in [5.41, 5.74) is -0.427. The maximum Gasteiger partial charge on any atom is 0.229 e. The van der Waals surface area contributed by atoms with Gasteiger partial charge in [0.15, 0.2) is 0 Å². The van der Waals surface area contributed by atoms with E-state index in [1.807, 2.05) is 11.8 Å². The molecule has 1 heterocycles. The second-order valence-electron chi connectivity index (χ2n) is 10.4. The lowest BCUT2D eigenvalue weighted by molar-refractivity contribution is -0.198. The molecule has 1 amide bonds. The summed E-state index contributed by atoms with van der Waals surface area (Å²) in [5, 5.41) is 9.72. The topological polar surface area (TPSA) is 74.7 Å². The van der Waals surface area contributed by atoms with Crippen LogP contribution < -0.4 is 0 Å². The molecule has 1 aliphatic heterocycles. The summed E-state index contributed by atoms with van der Waals surface area (Å²) in [7, 11) is 0. The Kier molecular flexibility index (Phi) is 2.78. The number of Topliss-reactive ketones (excluding diaryl/α,β-unsaturated/α-hetero) is 2. The maximum absolute atomic E-state index is 13.6. The van der Waals surface area contributed by atoms with E-state index in [0.717, 1.165) is 31.3 Å². The Labute approximate surface area is 159 Å². The van der Waals surface area contributed by atoms with Crippen molar-refractivity contribution < 1.29 is 19.5 Å². The number of carbonyl (C=O) groups excluding carboxylic acids is 3. The zero-order valence-electron chi connectivity index (χ0n) is 15.9. The van der Waals surface area contributed by atoms with Crippen LogP contribution in [0.5, 0.6) is 0 Å². The van der Waals surface area contributed by atoms with Crippen molar-refractivity contribution in [3.8, 4) is 0 Å². The van der Waals surface area contributed by atoms with Crippen molar-refractivity contribution >= 4 is 17.5 Å². The molecule has 6 aliphatic carbocycles. The molecule has 0 unspecified atom stereocenters. The van der Waals surface area contributed by atoms with Gasteiger partial charge < -0.3 is 10.0 Å². The smallest absolute Gasteiger partial charge is 0.229 e. The van der Waals surface area contributed by atoms with Gasteiger partial charge in [0.05, 0.1) is 12.0 Å². The van der Waals surface area contributed by atoms with Crippen molar-refractivity contribution in [1.82, 2.24) is 4.90 Å². The second kappa shape index (κ2) is 4.56. The van der Waals surface area contributed by atoms with Crippen LogP contribution in [0.4, 0.5) is 0 Å². The van der Waals surface area contributed by atoms with E-state index in [9.17, 15) is 19.5 Å². The van der Waals surface area contributed by atoms with E-state index in [4.69, 9.17) is 0 Å². The van der Waals surface area contributed by atoms with Crippen LogP contribution in [0.15, 0.2) is 12.2 Å². The number of likely N-dealkylation sites (tertiary alicyclic amines) is 1. The summed E-state index contributed by atoms with van der Waals surface area (Å²) in [6, 6.07) is -0.0611. The predicted molar refractivity (Wildman–Crippen MR) is 96.4 cm³/mol. The van der Waals surface area contributed by atoms with E-state index in [2.05, 4.69) is 6.58 Å². The van der Waals surface area contributed by atoms with E-state index in [0.29, 0.717) is 25.2 Å². The molecule has 1 saturated heterocycles. The number of piperidine rings is 1. The van der Waals surface area contributed by atoms with E-state index >= 15 is 0 Å². The third kappa shape index (κ3) is 1.42. The molecule has 0 aromatic rings. The van der Waals surface area contributed by atoms with Crippen LogP contribution in [-0.4, -0.2) is 46.7 Å². The summed E-state index contributed by atoms with van der Waals surface area (Å²) in [6.45, 7) is 6.42. The molecule has 6 bridgehead atoms. The van der Waals surface area contributed by atoms with Gasteiger partial charge in [-0.05, 0) is 37.0 Å². The molecule has 5 nitrogen and oxygen atoms in total. The molecule has 6 saturated carbocycles. The van der Waals surface area contributed by atoms with Crippen LogP contribution in [0, 0.1) is 39.9 Å². The van der Waals surface area contributed by atoms with Crippen molar-refractivity contribution in [1.29, 1.82) is 0 Å². The number of aliphatic hydroxyl groups excluding tert-OH is 1. The predicted octanol–water partition coefficient (Wildman–Crippen LogP) is 1.74. The SMILES string of the molecule is C=C1C[C@]23CC(=O)[C@H]4[C@]56CCC[C@@]4(C)C(=O)N(CCO)[C@@H]5[C@H]2C[C@H]1C(=O)[C@H]36. The third-order valence-corrected chi connectivity index (χ3v) is 9.68. The first-order chi connectivity index (χ1) is 12.8. The van der Waals surface area contributed by atoms with Gasteiger partial charge in [-0.15, -0.1) is 0 Å². The molecule has 7 fully saturated rings. The summed E-state index contributed by atoms with van der Waals surface area (Å²) >= 11 is 0. The van der Waals surface area contributed by atoms with Crippen LogP contribution in [0.2, 0.25) is 0 Å². The first-order valence-electron chi connectivity index (χ1n) is 10.5. The van der Waals surface area contributed by atoms with Gasteiger partial charge in [0.2, 0.25) is 5.91 Å². The first kappa shape index (κ1) is 16.5. The zero-order chi connectivity index (χ0) is 18.9. The number of rotatable bonds is 2. The fourth-order valence-corrected chi connectivity index (χ4v) is 9.43. The van der Waals surface area contributed by atoms with Gasteiger partial charge >= 0.3 is 0 Å². The summed E-state index contributed by atoms with van der Waals surface area (Å²) in [5.74, 6) is 0.271. The van der Waals surface area contributed by atoms with Crippen molar-refractivity contribution in [3.05, 3.63) is 12.2 Å². The fraction of sp³-hybridized carbons (Fsp3) is 0.773. The summed E-state index contributed by atoms with van der Waals surface area (Å²) < 4.78 is 0. The Bertz CT molecular complexity index is 834. The molecular weight excluding hydrogens is 342 g/mol. The molecule has 7 aliphatic rings. The number of β-amino-alcohol motifs (C(OH)–C–C–N with tert-alkyl or cyclic N) is 1. The monoisotopic (exact) mass is 369 g/mol. The zero-order valence-corrected chi connectivity index (χ0v) is 15.9. The standard InChI is InChI=1S/C22H27NO4/c1-11-9-21-10-14(25)16-20(2)4-3-5-22(16)17(21)15(26)12(11)8-13(21)18(22)23(6-7-24)19(20)27/h12-13,16-18,24H,1,3-10H2,2H3/t12-,13-,16-,17-,18-,20-,21+,22+/m1/s1. The Hall–Kier alpha value is -1.49. The summed E-state index contributed by atoms with van der Waals surface area (Å²) in [4.78, 5) is 42.7. The van der Waals surface area contributed by atoms with E-state index in [1.165, 1.54) is 0 Å².